The highest BCUT2D eigenvalue weighted by molar-refractivity contribution is 5.96. The van der Waals surface area contributed by atoms with Gasteiger partial charge in [-0.05, 0) is 31.4 Å². The first-order chi connectivity index (χ1) is 10.4. The number of halogens is 2. The van der Waals surface area contributed by atoms with Crippen molar-refractivity contribution in [1.82, 2.24) is 9.78 Å². The van der Waals surface area contributed by atoms with Crippen molar-refractivity contribution in [3.8, 4) is 5.69 Å². The molecule has 116 valence electrons. The van der Waals surface area contributed by atoms with Gasteiger partial charge in [0.15, 0.2) is 5.82 Å². The molecule has 0 radical (unpaired) electrons. The topological polar surface area (TPSA) is 67.2 Å². The molecular weight excluding hydrogens is 292 g/mol. The minimum absolute atomic E-state index is 0.0106. The normalized spacial score (nSPS) is 16.9. The molecule has 0 spiro atoms. The summed E-state index contributed by atoms with van der Waals surface area (Å²) in [7, 11) is 0. The summed E-state index contributed by atoms with van der Waals surface area (Å²) in [4.78, 5) is 11.7. The Labute approximate surface area is 125 Å². The van der Waals surface area contributed by atoms with E-state index in [9.17, 15) is 18.7 Å². The molecule has 0 unspecified atom stereocenters. The predicted molar refractivity (Wildman–Crippen MR) is 75.9 cm³/mol. The van der Waals surface area contributed by atoms with E-state index >= 15 is 0 Å². The van der Waals surface area contributed by atoms with Gasteiger partial charge in [0.2, 0.25) is 0 Å². The van der Waals surface area contributed by atoms with Crippen LogP contribution in [0.2, 0.25) is 0 Å². The van der Waals surface area contributed by atoms with Gasteiger partial charge in [0.25, 0.3) is 5.91 Å². The number of hydrogen-bond acceptors (Lipinski definition) is 3. The van der Waals surface area contributed by atoms with E-state index in [-0.39, 0.29) is 18.7 Å². The van der Waals surface area contributed by atoms with E-state index in [4.69, 9.17) is 0 Å². The summed E-state index contributed by atoms with van der Waals surface area (Å²) in [5.41, 5.74) is -1.49. The molecule has 22 heavy (non-hydrogen) atoms. The number of carbonyl (C=O) groups is 1. The lowest BCUT2D eigenvalue weighted by Crippen LogP contribution is -2.59. The maximum Gasteiger partial charge on any atom is 0.352 e. The number of para-hydroxylation sites is 1. The van der Waals surface area contributed by atoms with Gasteiger partial charge >= 0.3 is 5.92 Å². The van der Waals surface area contributed by atoms with E-state index in [1.54, 1.807) is 18.3 Å². The van der Waals surface area contributed by atoms with Gasteiger partial charge in [-0.3, -0.25) is 4.79 Å². The smallest absolute Gasteiger partial charge is 0.352 e. The van der Waals surface area contributed by atoms with Crippen molar-refractivity contribution in [2.75, 3.05) is 5.32 Å². The van der Waals surface area contributed by atoms with Crippen LogP contribution in [0.4, 0.5) is 14.6 Å². The zero-order valence-corrected chi connectivity index (χ0v) is 11.7. The number of amides is 1. The lowest BCUT2D eigenvalue weighted by Gasteiger charge is -2.41. The van der Waals surface area contributed by atoms with Crippen molar-refractivity contribution in [2.45, 2.75) is 30.8 Å². The molecule has 0 aliphatic heterocycles. The number of aliphatic hydroxyl groups is 1. The second-order valence-electron chi connectivity index (χ2n) is 5.39. The van der Waals surface area contributed by atoms with Crippen molar-refractivity contribution in [1.29, 1.82) is 0 Å². The molecule has 1 aliphatic carbocycles. The van der Waals surface area contributed by atoms with E-state index in [2.05, 4.69) is 10.4 Å². The molecule has 0 saturated heterocycles. The molecule has 3 rings (SSSR count). The highest BCUT2D eigenvalue weighted by atomic mass is 19.3. The Morgan fingerprint density at radius 1 is 1.27 bits per heavy atom. The highest BCUT2D eigenvalue weighted by Gasteiger charge is 2.61. The Kier molecular flexibility index (Phi) is 3.44. The molecule has 5 nitrogen and oxygen atoms in total. The summed E-state index contributed by atoms with van der Waals surface area (Å²) in [6.45, 7) is 0. The maximum atomic E-state index is 14.0. The van der Waals surface area contributed by atoms with Gasteiger partial charge in [0.1, 0.15) is 5.60 Å². The average Bonchev–Trinajstić information content (AvgIpc) is 2.94. The van der Waals surface area contributed by atoms with Gasteiger partial charge in [0, 0.05) is 12.3 Å². The summed E-state index contributed by atoms with van der Waals surface area (Å²) in [5.74, 6) is -5.36. The Bertz CT molecular complexity index is 681. The quantitative estimate of drug-likeness (QED) is 0.911. The molecule has 1 aliphatic rings. The molecule has 2 aromatic rings. The Hall–Kier alpha value is -2.28. The summed E-state index contributed by atoms with van der Waals surface area (Å²) >= 11 is 0. The molecular formula is C15H15F2N3O2. The summed E-state index contributed by atoms with van der Waals surface area (Å²) in [6, 6.07) is 10.5. The number of carbonyl (C=O) groups excluding carboxylic acids is 1. The van der Waals surface area contributed by atoms with E-state index in [0.717, 1.165) is 5.69 Å². The fourth-order valence-corrected chi connectivity index (χ4v) is 2.35. The Morgan fingerprint density at radius 3 is 2.55 bits per heavy atom. The van der Waals surface area contributed by atoms with E-state index in [0.29, 0.717) is 6.42 Å². The van der Waals surface area contributed by atoms with Crippen LogP contribution in [-0.2, 0) is 4.79 Å². The SMILES string of the molecule is O=C(Nc1ccn(-c2ccccc2)n1)C(F)(F)C1(O)CCC1. The van der Waals surface area contributed by atoms with E-state index in [1.807, 2.05) is 18.2 Å². The van der Waals surface area contributed by atoms with Crippen LogP contribution in [0.3, 0.4) is 0 Å². The molecule has 7 heteroatoms. The zero-order chi connectivity index (χ0) is 15.8. The van der Waals surface area contributed by atoms with Crippen LogP contribution in [-0.4, -0.2) is 32.3 Å². The number of nitrogens with zero attached hydrogens (tertiary/aromatic N) is 2. The van der Waals surface area contributed by atoms with E-state index < -0.39 is 17.4 Å². The molecule has 1 saturated carbocycles. The van der Waals surface area contributed by atoms with Crippen LogP contribution in [0.5, 0.6) is 0 Å². The van der Waals surface area contributed by atoms with Crippen molar-refractivity contribution < 1.29 is 18.7 Å². The third-order valence-corrected chi connectivity index (χ3v) is 3.90. The van der Waals surface area contributed by atoms with Gasteiger partial charge in [-0.15, -0.1) is 0 Å². The summed E-state index contributed by atoms with van der Waals surface area (Å²) < 4.78 is 29.4. The lowest BCUT2D eigenvalue weighted by atomic mass is 9.75. The number of aromatic nitrogens is 2. The molecule has 1 aromatic carbocycles. The van der Waals surface area contributed by atoms with Crippen molar-refractivity contribution in [3.63, 3.8) is 0 Å². The van der Waals surface area contributed by atoms with Crippen molar-refractivity contribution in [3.05, 3.63) is 42.6 Å². The van der Waals surface area contributed by atoms with Gasteiger partial charge in [-0.2, -0.15) is 13.9 Å². The van der Waals surface area contributed by atoms with Gasteiger partial charge in [-0.25, -0.2) is 4.68 Å². The second-order valence-corrected chi connectivity index (χ2v) is 5.39. The largest absolute Gasteiger partial charge is 0.383 e. The summed E-state index contributed by atoms with van der Waals surface area (Å²) in [6.07, 6.45) is 1.89. The first-order valence-electron chi connectivity index (χ1n) is 6.95. The number of anilines is 1. The number of nitrogens with one attached hydrogen (secondary N) is 1. The first kappa shape index (κ1) is 14.6. The number of alkyl halides is 2. The maximum absolute atomic E-state index is 14.0. The summed E-state index contributed by atoms with van der Waals surface area (Å²) in [5, 5.41) is 15.8. The van der Waals surface area contributed by atoms with Crippen molar-refractivity contribution >= 4 is 11.7 Å². The number of rotatable bonds is 4. The third-order valence-electron chi connectivity index (χ3n) is 3.90. The van der Waals surface area contributed by atoms with Crippen LogP contribution in [0.25, 0.3) is 5.69 Å². The molecule has 1 fully saturated rings. The van der Waals surface area contributed by atoms with Crippen LogP contribution < -0.4 is 5.32 Å². The minimum Gasteiger partial charge on any atom is -0.383 e. The molecule has 2 N–H and O–H groups in total. The molecule has 0 bridgehead atoms. The Morgan fingerprint density at radius 2 is 1.95 bits per heavy atom. The highest BCUT2D eigenvalue weighted by Crippen LogP contribution is 2.44. The van der Waals surface area contributed by atoms with Crippen LogP contribution in [0.1, 0.15) is 19.3 Å². The molecule has 1 heterocycles. The number of benzene rings is 1. The predicted octanol–water partition coefficient (Wildman–Crippen LogP) is 2.36. The molecule has 1 amide bonds. The minimum atomic E-state index is -3.83. The average molecular weight is 307 g/mol. The third kappa shape index (κ3) is 2.37. The van der Waals surface area contributed by atoms with E-state index in [1.165, 1.54) is 10.7 Å². The van der Waals surface area contributed by atoms with Crippen molar-refractivity contribution in [2.24, 2.45) is 0 Å². The monoisotopic (exact) mass is 307 g/mol. The Balaban J connectivity index is 1.74. The molecule has 0 atom stereocenters. The lowest BCUT2D eigenvalue weighted by molar-refractivity contribution is -0.212. The standard InChI is InChI=1S/C15H15F2N3O2/c16-15(17,14(22)8-4-9-14)13(21)18-12-7-10-20(19-12)11-5-2-1-3-6-11/h1-3,5-7,10,22H,4,8-9H2,(H,18,19,21). The van der Waals surface area contributed by atoms with Crippen LogP contribution in [0, 0.1) is 0 Å². The van der Waals surface area contributed by atoms with Gasteiger partial charge in [-0.1, -0.05) is 18.2 Å². The van der Waals surface area contributed by atoms with Gasteiger partial charge < -0.3 is 10.4 Å². The van der Waals surface area contributed by atoms with Crippen LogP contribution in [0.15, 0.2) is 42.6 Å². The second kappa shape index (κ2) is 5.17. The zero-order valence-electron chi connectivity index (χ0n) is 11.7. The van der Waals surface area contributed by atoms with Gasteiger partial charge in [0.05, 0.1) is 5.69 Å². The fourth-order valence-electron chi connectivity index (χ4n) is 2.35. The van der Waals surface area contributed by atoms with Crippen LogP contribution >= 0.6 is 0 Å². The molecule has 1 aromatic heterocycles. The number of hydrogen-bond donors (Lipinski definition) is 2. The fraction of sp³-hybridized carbons (Fsp3) is 0.333. The first-order valence-corrected chi connectivity index (χ1v) is 6.95.